The third-order valence-electron chi connectivity index (χ3n) is 5.22. The van der Waals surface area contributed by atoms with Crippen molar-refractivity contribution in [2.75, 3.05) is 7.11 Å². The van der Waals surface area contributed by atoms with Crippen LogP contribution in [0.3, 0.4) is 0 Å². The van der Waals surface area contributed by atoms with Gasteiger partial charge in [-0.15, -0.1) is 0 Å². The highest BCUT2D eigenvalue weighted by Gasteiger charge is 2.11. The number of phenolic OH excluding ortho intramolecular Hbond substituents is 1. The average Bonchev–Trinajstić information content (AvgIpc) is 2.75. The molecule has 0 heterocycles. The predicted octanol–water partition coefficient (Wildman–Crippen LogP) is 5.34. The number of aryl methyl sites for hydroxylation is 3. The van der Waals surface area contributed by atoms with Crippen LogP contribution in [0.4, 0.5) is 0 Å². The molecule has 0 atom stereocenters. The highest BCUT2D eigenvalue weighted by atomic mass is 16.5. The number of carbonyl (C=O) groups is 1. The summed E-state index contributed by atoms with van der Waals surface area (Å²) in [5.41, 5.74) is 4.23. The number of hydrogen-bond acceptors (Lipinski definition) is 3. The first-order chi connectivity index (χ1) is 14.1. The largest absolute Gasteiger partial charge is 0.507 e. The molecule has 4 heteroatoms. The van der Waals surface area contributed by atoms with Crippen molar-refractivity contribution >= 4 is 5.91 Å². The molecule has 1 amide bonds. The minimum atomic E-state index is 0.0408. The van der Waals surface area contributed by atoms with E-state index in [-0.39, 0.29) is 5.91 Å². The number of carbonyl (C=O) groups excluding carboxylic acids is 1. The summed E-state index contributed by atoms with van der Waals surface area (Å²) in [6.07, 6.45) is 7.23. The monoisotopic (exact) mass is 397 g/mol. The minimum Gasteiger partial charge on any atom is -0.507 e. The summed E-state index contributed by atoms with van der Waals surface area (Å²) in [6.45, 7) is 4.83. The maximum Gasteiger partial charge on any atom is 0.220 e. The van der Waals surface area contributed by atoms with Gasteiger partial charge >= 0.3 is 0 Å². The van der Waals surface area contributed by atoms with E-state index in [4.69, 9.17) is 4.74 Å². The molecule has 2 aromatic rings. The zero-order valence-corrected chi connectivity index (χ0v) is 18.1. The molecule has 0 fully saturated rings. The van der Waals surface area contributed by atoms with Crippen LogP contribution < -0.4 is 10.1 Å². The molecule has 0 bridgehead atoms. The summed E-state index contributed by atoms with van der Waals surface area (Å²) in [6, 6.07) is 11.9. The van der Waals surface area contributed by atoms with Gasteiger partial charge in [0, 0.05) is 13.0 Å². The number of ether oxygens (including phenoxy) is 1. The number of nitrogens with one attached hydrogen (secondary N) is 1. The summed E-state index contributed by atoms with van der Waals surface area (Å²) in [4.78, 5) is 12.3. The van der Waals surface area contributed by atoms with Gasteiger partial charge in [-0.05, 0) is 66.5 Å². The third kappa shape index (κ3) is 7.45. The van der Waals surface area contributed by atoms with Crippen LogP contribution in [-0.2, 0) is 30.6 Å². The number of phenols is 1. The number of unbranched alkanes of at least 4 members (excludes halogenated alkanes) is 2. The second kappa shape index (κ2) is 12.2. The molecule has 2 N–H and O–H groups in total. The van der Waals surface area contributed by atoms with Gasteiger partial charge in [-0.3, -0.25) is 4.79 Å². The normalized spacial score (nSPS) is 10.7. The van der Waals surface area contributed by atoms with Crippen LogP contribution in [0.1, 0.15) is 68.2 Å². The fourth-order valence-corrected chi connectivity index (χ4v) is 3.38. The van der Waals surface area contributed by atoms with Gasteiger partial charge in [0.05, 0.1) is 7.11 Å². The molecule has 0 aliphatic heterocycles. The van der Waals surface area contributed by atoms with Gasteiger partial charge in [0.1, 0.15) is 11.5 Å². The zero-order valence-electron chi connectivity index (χ0n) is 18.1. The second-order valence-electron chi connectivity index (χ2n) is 7.59. The Morgan fingerprint density at radius 2 is 1.52 bits per heavy atom. The lowest BCUT2D eigenvalue weighted by molar-refractivity contribution is -0.121. The van der Waals surface area contributed by atoms with Crippen molar-refractivity contribution in [2.24, 2.45) is 0 Å². The highest BCUT2D eigenvalue weighted by Crippen LogP contribution is 2.28. The average molecular weight is 398 g/mol. The Morgan fingerprint density at radius 3 is 2.03 bits per heavy atom. The van der Waals surface area contributed by atoms with E-state index in [0.29, 0.717) is 25.1 Å². The van der Waals surface area contributed by atoms with E-state index in [1.807, 2.05) is 24.3 Å². The number of rotatable bonds is 12. The van der Waals surface area contributed by atoms with Gasteiger partial charge in [-0.1, -0.05) is 51.0 Å². The molecule has 0 aliphatic carbocycles. The van der Waals surface area contributed by atoms with Crippen LogP contribution >= 0.6 is 0 Å². The Hall–Kier alpha value is -2.49. The molecule has 29 heavy (non-hydrogen) atoms. The number of benzene rings is 2. The van der Waals surface area contributed by atoms with E-state index in [1.54, 1.807) is 7.11 Å². The van der Waals surface area contributed by atoms with Crippen molar-refractivity contribution in [3.05, 3.63) is 58.7 Å². The van der Waals surface area contributed by atoms with Crippen LogP contribution in [-0.4, -0.2) is 18.1 Å². The molecule has 0 radical (unpaired) electrons. The lowest BCUT2D eigenvalue weighted by Gasteiger charge is -2.13. The first-order valence-corrected chi connectivity index (χ1v) is 10.8. The molecule has 0 spiro atoms. The van der Waals surface area contributed by atoms with Gasteiger partial charge in [0.25, 0.3) is 0 Å². The maximum atomic E-state index is 12.3. The molecule has 0 aromatic heterocycles. The van der Waals surface area contributed by atoms with Crippen LogP contribution in [0.15, 0.2) is 36.4 Å². The predicted molar refractivity (Wildman–Crippen MR) is 118 cm³/mol. The van der Waals surface area contributed by atoms with Crippen LogP contribution in [0, 0.1) is 0 Å². The smallest absolute Gasteiger partial charge is 0.220 e. The quantitative estimate of drug-likeness (QED) is 0.508. The van der Waals surface area contributed by atoms with Crippen molar-refractivity contribution in [1.29, 1.82) is 0 Å². The van der Waals surface area contributed by atoms with E-state index in [9.17, 15) is 9.90 Å². The Kier molecular flexibility index (Phi) is 9.55. The second-order valence-corrected chi connectivity index (χ2v) is 7.59. The van der Waals surface area contributed by atoms with Crippen LogP contribution in [0.5, 0.6) is 11.5 Å². The molecular formula is C25H35NO3. The minimum absolute atomic E-state index is 0.0408. The van der Waals surface area contributed by atoms with Crippen molar-refractivity contribution in [1.82, 2.24) is 5.32 Å². The highest BCUT2D eigenvalue weighted by molar-refractivity contribution is 5.76. The molecule has 0 saturated heterocycles. The topological polar surface area (TPSA) is 58.6 Å². The van der Waals surface area contributed by atoms with Gasteiger partial charge in [-0.25, -0.2) is 0 Å². The van der Waals surface area contributed by atoms with E-state index in [0.717, 1.165) is 66.5 Å². The summed E-state index contributed by atoms with van der Waals surface area (Å²) < 4.78 is 5.15. The fourth-order valence-electron chi connectivity index (χ4n) is 3.38. The van der Waals surface area contributed by atoms with E-state index < -0.39 is 0 Å². The van der Waals surface area contributed by atoms with Crippen molar-refractivity contribution in [3.8, 4) is 11.5 Å². The lowest BCUT2D eigenvalue weighted by atomic mass is 9.95. The van der Waals surface area contributed by atoms with Crippen molar-refractivity contribution < 1.29 is 14.6 Å². The molecule has 2 aromatic carbocycles. The standard InChI is InChI=1S/C25H35NO3/c1-4-6-8-21-16-20(17-22(25(21)28)9-7-5-2)12-15-24(27)26-18-19-10-13-23(29-3)14-11-19/h10-11,13-14,16-17,28H,4-9,12,15,18H2,1-3H3,(H,26,27). The van der Waals surface area contributed by atoms with E-state index in [2.05, 4.69) is 31.3 Å². The first kappa shape index (κ1) is 22.8. The molecule has 0 aliphatic rings. The van der Waals surface area contributed by atoms with E-state index >= 15 is 0 Å². The number of amides is 1. The first-order valence-electron chi connectivity index (χ1n) is 10.8. The van der Waals surface area contributed by atoms with Gasteiger partial charge in [0.2, 0.25) is 5.91 Å². The van der Waals surface area contributed by atoms with Crippen LogP contribution in [0.2, 0.25) is 0 Å². The number of hydrogen-bond donors (Lipinski definition) is 2. The Balaban J connectivity index is 1.95. The van der Waals surface area contributed by atoms with Gasteiger partial charge in [0.15, 0.2) is 0 Å². The third-order valence-corrected chi connectivity index (χ3v) is 5.22. The summed E-state index contributed by atoms with van der Waals surface area (Å²) in [5, 5.41) is 13.6. The molecule has 4 nitrogen and oxygen atoms in total. The number of aromatic hydroxyl groups is 1. The van der Waals surface area contributed by atoms with Crippen molar-refractivity contribution in [2.45, 2.75) is 71.8 Å². The summed E-state index contributed by atoms with van der Waals surface area (Å²) in [5.74, 6) is 1.31. The zero-order chi connectivity index (χ0) is 21.1. The number of methoxy groups -OCH3 is 1. The lowest BCUT2D eigenvalue weighted by Crippen LogP contribution is -2.23. The Bertz CT molecular complexity index is 739. The Morgan fingerprint density at radius 1 is 0.931 bits per heavy atom. The molecule has 2 rings (SSSR count). The maximum absolute atomic E-state index is 12.3. The summed E-state index contributed by atoms with van der Waals surface area (Å²) >= 11 is 0. The van der Waals surface area contributed by atoms with Crippen molar-refractivity contribution in [3.63, 3.8) is 0 Å². The summed E-state index contributed by atoms with van der Waals surface area (Å²) in [7, 11) is 1.64. The Labute approximate surface area is 175 Å². The van der Waals surface area contributed by atoms with Gasteiger partial charge in [-0.2, -0.15) is 0 Å². The van der Waals surface area contributed by atoms with Crippen LogP contribution in [0.25, 0.3) is 0 Å². The van der Waals surface area contributed by atoms with Gasteiger partial charge < -0.3 is 15.2 Å². The SMILES string of the molecule is CCCCc1cc(CCC(=O)NCc2ccc(OC)cc2)cc(CCCC)c1O. The fraction of sp³-hybridized carbons (Fsp3) is 0.480. The molecule has 0 saturated carbocycles. The van der Waals surface area contributed by atoms with E-state index in [1.165, 1.54) is 0 Å². The molecular weight excluding hydrogens is 362 g/mol. The molecule has 0 unspecified atom stereocenters. The molecule has 158 valence electrons.